The van der Waals surface area contributed by atoms with Crippen LogP contribution in [0.15, 0.2) is 75.4 Å². The minimum absolute atomic E-state index is 0. The van der Waals surface area contributed by atoms with Crippen molar-refractivity contribution >= 4 is 0 Å². The zero-order valence-corrected chi connectivity index (χ0v) is 13.8. The third kappa shape index (κ3) is 20.9. The van der Waals surface area contributed by atoms with Gasteiger partial charge in [-0.1, -0.05) is 76.0 Å². The fraction of sp³-hybridized carbons (Fsp3) is 0.286. The average Bonchev–Trinajstić information content (AvgIpc) is 3.02. The molecule has 0 atom stereocenters. The van der Waals surface area contributed by atoms with Crippen molar-refractivity contribution in [1.82, 2.24) is 0 Å². The highest BCUT2D eigenvalue weighted by Crippen LogP contribution is 2.26. The van der Waals surface area contributed by atoms with Crippen molar-refractivity contribution < 1.29 is 0 Å². The summed E-state index contributed by atoms with van der Waals surface area (Å²) in [6.07, 6.45) is 24.6. The van der Waals surface area contributed by atoms with Crippen molar-refractivity contribution in [3.8, 4) is 0 Å². The lowest BCUT2D eigenvalue weighted by molar-refractivity contribution is 0.651. The van der Waals surface area contributed by atoms with Gasteiger partial charge in [0.2, 0.25) is 0 Å². The van der Waals surface area contributed by atoms with E-state index in [0.717, 1.165) is 12.3 Å². The zero-order chi connectivity index (χ0) is 15.5. The van der Waals surface area contributed by atoms with Crippen LogP contribution in [0, 0.1) is 26.2 Å². The van der Waals surface area contributed by atoms with Crippen molar-refractivity contribution in [3.63, 3.8) is 0 Å². The SMILES string of the molecule is C=C.C=CC=C.C=C[CH]C/C=C\C=C/[CH]C1CCCC1.[CH3]. The summed E-state index contributed by atoms with van der Waals surface area (Å²) in [5.74, 6) is 0.847. The first-order chi connectivity index (χ1) is 9.85. The summed E-state index contributed by atoms with van der Waals surface area (Å²) in [4.78, 5) is 0. The predicted molar refractivity (Wildman–Crippen MR) is 102 cm³/mol. The number of hydrogen-bond acceptors (Lipinski definition) is 0. The van der Waals surface area contributed by atoms with Crippen LogP contribution in [0.1, 0.15) is 32.1 Å². The highest BCUT2D eigenvalue weighted by atomic mass is 14.2. The predicted octanol–water partition coefficient (Wildman–Crippen LogP) is 6.88. The summed E-state index contributed by atoms with van der Waals surface area (Å²) < 4.78 is 0. The molecule has 1 rings (SSSR count). The van der Waals surface area contributed by atoms with E-state index in [0.29, 0.717) is 0 Å². The lowest BCUT2D eigenvalue weighted by Gasteiger charge is -2.01. The van der Waals surface area contributed by atoms with Crippen LogP contribution in [-0.2, 0) is 0 Å². The molecular weight excluding hydrogens is 252 g/mol. The first-order valence-electron chi connectivity index (χ1n) is 7.19. The molecule has 117 valence electrons. The molecule has 0 heterocycles. The topological polar surface area (TPSA) is 0 Å². The zero-order valence-electron chi connectivity index (χ0n) is 13.8. The molecule has 0 aromatic heterocycles. The molecule has 0 nitrogen and oxygen atoms in total. The van der Waals surface area contributed by atoms with Crippen LogP contribution in [0.5, 0.6) is 0 Å². The molecule has 3 radical (unpaired) electrons. The lowest BCUT2D eigenvalue weighted by Crippen LogP contribution is -1.89. The number of allylic oxidation sites excluding steroid dienone is 7. The second kappa shape index (κ2) is 23.5. The van der Waals surface area contributed by atoms with Gasteiger partial charge in [-0.25, -0.2) is 0 Å². The molecule has 1 saturated carbocycles. The van der Waals surface area contributed by atoms with Crippen molar-refractivity contribution in [2.75, 3.05) is 0 Å². The van der Waals surface area contributed by atoms with E-state index in [2.05, 4.69) is 63.6 Å². The molecule has 0 saturated heterocycles. The van der Waals surface area contributed by atoms with E-state index in [1.54, 1.807) is 12.2 Å². The summed E-state index contributed by atoms with van der Waals surface area (Å²) in [6, 6.07) is 0. The van der Waals surface area contributed by atoms with Crippen molar-refractivity contribution in [2.24, 2.45) is 5.92 Å². The van der Waals surface area contributed by atoms with Gasteiger partial charge in [-0.3, -0.25) is 0 Å². The molecule has 1 fully saturated rings. The maximum Gasteiger partial charge on any atom is -0.0136 e. The largest absolute Gasteiger partial charge is 0.106 e. The fourth-order valence-corrected chi connectivity index (χ4v) is 1.77. The van der Waals surface area contributed by atoms with Crippen LogP contribution in [0.25, 0.3) is 0 Å². The third-order valence-corrected chi connectivity index (χ3v) is 2.75. The van der Waals surface area contributed by atoms with Gasteiger partial charge >= 0.3 is 0 Å². The van der Waals surface area contributed by atoms with Crippen LogP contribution in [-0.4, -0.2) is 0 Å². The van der Waals surface area contributed by atoms with Gasteiger partial charge < -0.3 is 0 Å². The van der Waals surface area contributed by atoms with Crippen LogP contribution < -0.4 is 0 Å². The van der Waals surface area contributed by atoms with Crippen molar-refractivity contribution in [2.45, 2.75) is 32.1 Å². The fourth-order valence-electron chi connectivity index (χ4n) is 1.77. The van der Waals surface area contributed by atoms with Crippen molar-refractivity contribution in [1.29, 1.82) is 0 Å². The molecule has 0 heteroatoms. The maximum absolute atomic E-state index is 3.63. The van der Waals surface area contributed by atoms with Gasteiger partial charge in [0, 0.05) is 0 Å². The van der Waals surface area contributed by atoms with Gasteiger partial charge in [0.25, 0.3) is 0 Å². The molecule has 0 aromatic carbocycles. The van der Waals surface area contributed by atoms with Gasteiger partial charge in [-0.05, 0) is 38.0 Å². The maximum atomic E-state index is 3.63. The van der Waals surface area contributed by atoms with E-state index in [9.17, 15) is 0 Å². The lowest BCUT2D eigenvalue weighted by atomic mass is 10.0. The number of hydrogen-bond donors (Lipinski definition) is 0. The Morgan fingerprint density at radius 3 is 1.86 bits per heavy atom. The number of unbranched alkanes of at least 4 members (excludes halogenated alkanes) is 1. The van der Waals surface area contributed by atoms with E-state index in [1.165, 1.54) is 25.7 Å². The summed E-state index contributed by atoms with van der Waals surface area (Å²) in [5.41, 5.74) is 0. The Balaban J connectivity index is -0.000000401. The highest BCUT2D eigenvalue weighted by molar-refractivity contribution is 5.10. The first kappa shape index (κ1) is 24.5. The number of rotatable bonds is 7. The highest BCUT2D eigenvalue weighted by Gasteiger charge is 2.12. The molecule has 1 aliphatic carbocycles. The van der Waals surface area contributed by atoms with Crippen LogP contribution in [0.2, 0.25) is 0 Å². The average molecular weight is 285 g/mol. The Morgan fingerprint density at radius 2 is 1.38 bits per heavy atom. The van der Waals surface area contributed by atoms with E-state index >= 15 is 0 Å². The molecule has 1 aliphatic rings. The van der Waals surface area contributed by atoms with Crippen LogP contribution in [0.3, 0.4) is 0 Å². The molecular formula is C21H33. The smallest absolute Gasteiger partial charge is 0.0136 e. The third-order valence-electron chi connectivity index (χ3n) is 2.75. The van der Waals surface area contributed by atoms with Gasteiger partial charge in [0.1, 0.15) is 0 Å². The Bertz CT molecular complexity index is 268. The quantitative estimate of drug-likeness (QED) is 0.271. The molecule has 0 spiro atoms. The molecule has 0 aromatic rings. The Kier molecular flexibility index (Phi) is 27.4. The molecule has 0 N–H and O–H groups in total. The minimum atomic E-state index is 0. The Hall–Kier alpha value is -1.56. The second-order valence-electron chi connectivity index (χ2n) is 4.23. The molecule has 0 aliphatic heterocycles. The van der Waals surface area contributed by atoms with Crippen LogP contribution >= 0.6 is 0 Å². The Morgan fingerprint density at radius 1 is 0.810 bits per heavy atom. The van der Waals surface area contributed by atoms with E-state index in [4.69, 9.17) is 0 Å². The second-order valence-corrected chi connectivity index (χ2v) is 4.23. The molecule has 0 bridgehead atoms. The van der Waals surface area contributed by atoms with E-state index < -0.39 is 0 Å². The van der Waals surface area contributed by atoms with Gasteiger partial charge in [-0.2, -0.15) is 0 Å². The summed E-state index contributed by atoms with van der Waals surface area (Å²) in [6.45, 7) is 16.4. The van der Waals surface area contributed by atoms with Gasteiger partial charge in [0.15, 0.2) is 0 Å². The molecule has 21 heavy (non-hydrogen) atoms. The summed E-state index contributed by atoms with van der Waals surface area (Å²) in [7, 11) is 0. The first-order valence-corrected chi connectivity index (χ1v) is 7.19. The Labute approximate surface area is 134 Å². The molecule has 0 amide bonds. The standard InChI is InChI=1S/C14H20.C4H6.C2H4.CH3/c1-2-3-4-5-6-7-8-11-14-12-9-10-13-14;1-3-4-2;1-2;/h2-3,5-8,11,14H,1,4,9-10,12-13H2;3-4H,1-2H2;1-2H2;1H3/b6-5-,8-7-;;;. The van der Waals surface area contributed by atoms with Crippen molar-refractivity contribution in [3.05, 3.63) is 95.7 Å². The van der Waals surface area contributed by atoms with E-state index in [1.807, 2.05) is 12.5 Å². The minimum Gasteiger partial charge on any atom is -0.106 e. The van der Waals surface area contributed by atoms with Crippen LogP contribution in [0.4, 0.5) is 0 Å². The summed E-state index contributed by atoms with van der Waals surface area (Å²) >= 11 is 0. The normalized spacial score (nSPS) is 13.5. The van der Waals surface area contributed by atoms with Gasteiger partial charge in [0.05, 0.1) is 0 Å². The molecule has 0 unspecified atom stereocenters. The summed E-state index contributed by atoms with van der Waals surface area (Å²) in [5, 5.41) is 0. The van der Waals surface area contributed by atoms with Gasteiger partial charge in [-0.15, -0.1) is 19.7 Å². The monoisotopic (exact) mass is 285 g/mol. The van der Waals surface area contributed by atoms with E-state index in [-0.39, 0.29) is 7.43 Å².